The highest BCUT2D eigenvalue weighted by Crippen LogP contribution is 2.22. The number of oxime groups is 1. The molecule has 0 atom stereocenters. The van der Waals surface area contributed by atoms with Crippen LogP contribution in [0.4, 0.5) is 0 Å². The molecule has 2 nitrogen and oxygen atoms in total. The first-order valence-electron chi connectivity index (χ1n) is 3.91. The van der Waals surface area contributed by atoms with E-state index in [1.807, 2.05) is 0 Å². The van der Waals surface area contributed by atoms with Gasteiger partial charge in [0.1, 0.15) is 6.61 Å². The molecule has 0 amide bonds. The van der Waals surface area contributed by atoms with E-state index in [-0.39, 0.29) is 0 Å². The van der Waals surface area contributed by atoms with Crippen LogP contribution in [0.15, 0.2) is 27.8 Å². The Morgan fingerprint density at radius 1 is 1.46 bits per heavy atom. The predicted octanol–water partition coefficient (Wildman–Crippen LogP) is 3.18. The number of benzene rings is 1. The quantitative estimate of drug-likeness (QED) is 0.712. The second-order valence-electron chi connectivity index (χ2n) is 2.75. The topological polar surface area (TPSA) is 21.6 Å². The first-order chi connectivity index (χ1) is 6.27. The van der Waals surface area contributed by atoms with Crippen LogP contribution in [0.1, 0.15) is 12.0 Å². The summed E-state index contributed by atoms with van der Waals surface area (Å²) in [6.45, 7) is 0.707. The van der Waals surface area contributed by atoms with Gasteiger partial charge in [0.15, 0.2) is 0 Å². The molecule has 0 N–H and O–H groups in total. The fraction of sp³-hybridized carbons (Fsp3) is 0.222. The van der Waals surface area contributed by atoms with Gasteiger partial charge < -0.3 is 4.84 Å². The smallest absolute Gasteiger partial charge is 0.122 e. The van der Waals surface area contributed by atoms with Gasteiger partial charge in [-0.05, 0) is 50.7 Å². The van der Waals surface area contributed by atoms with Gasteiger partial charge in [0, 0.05) is 20.0 Å². The maximum absolute atomic E-state index is 4.95. The summed E-state index contributed by atoms with van der Waals surface area (Å²) >= 11 is 5.78. The normalized spacial score (nSPS) is 15.4. The van der Waals surface area contributed by atoms with Crippen LogP contribution in [-0.4, -0.2) is 12.3 Å². The maximum atomic E-state index is 4.95. The number of hydrogen-bond acceptors (Lipinski definition) is 2. The Labute approximate surface area is 98.6 Å². The van der Waals surface area contributed by atoms with Gasteiger partial charge in [-0.1, -0.05) is 11.2 Å². The van der Waals surface area contributed by atoms with Gasteiger partial charge in [-0.3, -0.25) is 0 Å². The molecule has 0 aromatic heterocycles. The van der Waals surface area contributed by atoms with Crippen LogP contribution in [-0.2, 0) is 4.84 Å². The van der Waals surface area contributed by atoms with Crippen molar-refractivity contribution in [2.45, 2.75) is 6.42 Å². The number of halogens is 2. The number of rotatable bonds is 1. The van der Waals surface area contributed by atoms with Gasteiger partial charge in [0.2, 0.25) is 0 Å². The van der Waals surface area contributed by atoms with Crippen LogP contribution in [0.2, 0.25) is 0 Å². The summed E-state index contributed by atoms with van der Waals surface area (Å²) in [6.07, 6.45) is 0.910. The van der Waals surface area contributed by atoms with E-state index in [2.05, 4.69) is 61.9 Å². The number of nitrogens with zero attached hydrogens (tertiary/aromatic N) is 1. The molecule has 2 rings (SSSR count). The lowest BCUT2D eigenvalue weighted by molar-refractivity contribution is 0.174. The van der Waals surface area contributed by atoms with E-state index in [9.17, 15) is 0 Å². The molecular weight excluding hydrogens is 345 g/mol. The summed E-state index contributed by atoms with van der Waals surface area (Å²) < 4.78 is 2.32. The second kappa shape index (κ2) is 3.96. The van der Waals surface area contributed by atoms with Crippen LogP contribution in [0.5, 0.6) is 0 Å². The third-order valence-corrected chi connectivity index (χ3v) is 4.20. The van der Waals surface area contributed by atoms with Crippen LogP contribution in [0.25, 0.3) is 0 Å². The van der Waals surface area contributed by atoms with Crippen molar-refractivity contribution in [2.75, 3.05) is 6.61 Å². The third-order valence-electron chi connectivity index (χ3n) is 1.86. The zero-order valence-corrected chi connectivity index (χ0v) is 10.5. The molecule has 0 unspecified atom stereocenters. The molecule has 1 aromatic carbocycles. The van der Waals surface area contributed by atoms with Gasteiger partial charge in [-0.2, -0.15) is 0 Å². The SMILES string of the molecule is Brc1cc(C2=NOCC2)ccc1I. The molecular formula is C9H7BrINO. The average Bonchev–Trinajstić information content (AvgIpc) is 2.62. The molecule has 1 aliphatic heterocycles. The fourth-order valence-electron chi connectivity index (χ4n) is 1.18. The lowest BCUT2D eigenvalue weighted by Gasteiger charge is -2.00. The Balaban J connectivity index is 2.36. The summed E-state index contributed by atoms with van der Waals surface area (Å²) in [6, 6.07) is 6.22. The van der Waals surface area contributed by atoms with Gasteiger partial charge in [-0.15, -0.1) is 0 Å². The molecule has 0 saturated carbocycles. The van der Waals surface area contributed by atoms with E-state index >= 15 is 0 Å². The van der Waals surface area contributed by atoms with Crippen molar-refractivity contribution in [1.29, 1.82) is 0 Å². The maximum Gasteiger partial charge on any atom is 0.122 e. The van der Waals surface area contributed by atoms with Crippen LogP contribution >= 0.6 is 38.5 Å². The molecule has 4 heteroatoms. The molecule has 0 saturated heterocycles. The third kappa shape index (κ3) is 2.04. The minimum absolute atomic E-state index is 0.707. The van der Waals surface area contributed by atoms with E-state index < -0.39 is 0 Å². The van der Waals surface area contributed by atoms with Gasteiger partial charge >= 0.3 is 0 Å². The number of hydrogen-bond donors (Lipinski definition) is 0. The Kier molecular flexibility index (Phi) is 2.88. The molecule has 0 aliphatic carbocycles. The molecule has 0 bridgehead atoms. The molecule has 0 fully saturated rings. The van der Waals surface area contributed by atoms with Gasteiger partial charge in [0.25, 0.3) is 0 Å². The van der Waals surface area contributed by atoms with Crippen LogP contribution < -0.4 is 0 Å². The molecule has 13 heavy (non-hydrogen) atoms. The Bertz CT molecular complexity index is 365. The lowest BCUT2D eigenvalue weighted by Crippen LogP contribution is -1.97. The summed E-state index contributed by atoms with van der Waals surface area (Å²) in [5.41, 5.74) is 2.18. The molecule has 0 spiro atoms. The van der Waals surface area contributed by atoms with E-state index in [1.54, 1.807) is 0 Å². The summed E-state index contributed by atoms with van der Waals surface area (Å²) in [4.78, 5) is 4.95. The fourth-order valence-corrected chi connectivity index (χ4v) is 1.90. The Morgan fingerprint density at radius 3 is 2.92 bits per heavy atom. The van der Waals surface area contributed by atoms with Gasteiger partial charge in [-0.25, -0.2) is 0 Å². The van der Waals surface area contributed by atoms with Crippen molar-refractivity contribution in [3.63, 3.8) is 0 Å². The van der Waals surface area contributed by atoms with E-state index in [0.29, 0.717) is 6.61 Å². The molecule has 0 radical (unpaired) electrons. The molecule has 68 valence electrons. The first-order valence-corrected chi connectivity index (χ1v) is 5.79. The van der Waals surface area contributed by atoms with Crippen LogP contribution in [0, 0.1) is 3.57 Å². The standard InChI is InChI=1S/C9H7BrINO/c10-7-5-6(1-2-8(7)11)9-3-4-13-12-9/h1-2,5H,3-4H2. The van der Waals surface area contributed by atoms with Crippen molar-refractivity contribution < 1.29 is 4.84 Å². The highest BCUT2D eigenvalue weighted by atomic mass is 127. The van der Waals surface area contributed by atoms with E-state index in [1.165, 1.54) is 3.57 Å². The van der Waals surface area contributed by atoms with Crippen molar-refractivity contribution in [1.82, 2.24) is 0 Å². The van der Waals surface area contributed by atoms with Crippen molar-refractivity contribution in [2.24, 2.45) is 5.16 Å². The second-order valence-corrected chi connectivity index (χ2v) is 4.77. The first kappa shape index (κ1) is 9.45. The van der Waals surface area contributed by atoms with E-state index in [4.69, 9.17) is 4.84 Å². The molecule has 1 aliphatic rings. The minimum atomic E-state index is 0.707. The van der Waals surface area contributed by atoms with E-state index in [0.717, 1.165) is 22.2 Å². The Morgan fingerprint density at radius 2 is 2.31 bits per heavy atom. The summed E-state index contributed by atoms with van der Waals surface area (Å²) in [5, 5.41) is 3.97. The summed E-state index contributed by atoms with van der Waals surface area (Å²) in [7, 11) is 0. The zero-order valence-electron chi connectivity index (χ0n) is 6.76. The average molecular weight is 352 g/mol. The van der Waals surface area contributed by atoms with Crippen LogP contribution in [0.3, 0.4) is 0 Å². The summed E-state index contributed by atoms with van der Waals surface area (Å²) in [5.74, 6) is 0. The highest BCUT2D eigenvalue weighted by molar-refractivity contribution is 14.1. The van der Waals surface area contributed by atoms with Gasteiger partial charge in [0.05, 0.1) is 5.71 Å². The van der Waals surface area contributed by atoms with Crippen molar-refractivity contribution in [3.8, 4) is 0 Å². The zero-order chi connectivity index (χ0) is 9.26. The predicted molar refractivity (Wildman–Crippen MR) is 64.0 cm³/mol. The lowest BCUT2D eigenvalue weighted by atomic mass is 10.1. The Hall–Kier alpha value is -0.100. The highest BCUT2D eigenvalue weighted by Gasteiger charge is 2.11. The molecule has 1 aromatic rings. The van der Waals surface area contributed by atoms with Crippen molar-refractivity contribution >= 4 is 44.2 Å². The minimum Gasteiger partial charge on any atom is -0.395 e. The van der Waals surface area contributed by atoms with Crippen molar-refractivity contribution in [3.05, 3.63) is 31.8 Å². The monoisotopic (exact) mass is 351 g/mol. The largest absolute Gasteiger partial charge is 0.395 e. The molecule has 1 heterocycles.